The predicted molar refractivity (Wildman–Crippen MR) is 73.4 cm³/mol. The maximum absolute atomic E-state index is 11.1. The van der Waals surface area contributed by atoms with Crippen molar-refractivity contribution in [1.29, 1.82) is 0 Å². The Morgan fingerprint density at radius 1 is 1.17 bits per heavy atom. The van der Waals surface area contributed by atoms with Crippen LogP contribution in [0.2, 0.25) is 0 Å². The third-order valence-corrected chi connectivity index (χ3v) is 3.27. The Bertz CT molecular complexity index is 594. The fourth-order valence-corrected chi connectivity index (χ4v) is 2.44. The highest BCUT2D eigenvalue weighted by molar-refractivity contribution is 5.95. The number of carboxylic acid groups (broad SMARTS) is 1. The highest BCUT2D eigenvalue weighted by atomic mass is 16.4. The molecule has 18 heavy (non-hydrogen) atoms. The van der Waals surface area contributed by atoms with Crippen molar-refractivity contribution in [2.75, 3.05) is 0 Å². The number of aromatic carboxylic acids is 1. The van der Waals surface area contributed by atoms with Crippen LogP contribution >= 0.6 is 0 Å². The molecule has 1 aromatic heterocycles. The molecule has 2 N–H and O–H groups in total. The van der Waals surface area contributed by atoms with Crippen molar-refractivity contribution in [3.05, 3.63) is 35.0 Å². The van der Waals surface area contributed by atoms with Crippen LogP contribution in [0.4, 0.5) is 0 Å². The van der Waals surface area contributed by atoms with Gasteiger partial charge in [-0.3, -0.25) is 0 Å². The molecule has 0 aliphatic carbocycles. The lowest BCUT2D eigenvalue weighted by Crippen LogP contribution is -1.97. The van der Waals surface area contributed by atoms with Crippen LogP contribution in [0.25, 0.3) is 10.9 Å². The van der Waals surface area contributed by atoms with Gasteiger partial charge in [0, 0.05) is 16.6 Å². The Balaban J connectivity index is 2.75. The van der Waals surface area contributed by atoms with Crippen molar-refractivity contribution in [2.45, 2.75) is 39.5 Å². The minimum absolute atomic E-state index is 0.346. The summed E-state index contributed by atoms with van der Waals surface area (Å²) in [5.74, 6) is -0.0952. The van der Waals surface area contributed by atoms with Crippen LogP contribution in [-0.4, -0.2) is 16.1 Å². The smallest absolute Gasteiger partial charge is 0.335 e. The summed E-state index contributed by atoms with van der Waals surface area (Å²) in [5.41, 5.74) is 3.82. The van der Waals surface area contributed by atoms with Crippen LogP contribution in [0.1, 0.15) is 61.1 Å². The third kappa shape index (κ3) is 2.01. The van der Waals surface area contributed by atoms with Crippen molar-refractivity contribution in [2.24, 2.45) is 0 Å². The Kier molecular flexibility index (Phi) is 3.16. The minimum atomic E-state index is -0.876. The van der Waals surface area contributed by atoms with Gasteiger partial charge in [-0.25, -0.2) is 4.79 Å². The van der Waals surface area contributed by atoms with Gasteiger partial charge in [0.1, 0.15) is 0 Å². The van der Waals surface area contributed by atoms with Gasteiger partial charge in [-0.05, 0) is 35.6 Å². The number of carboxylic acids is 1. The van der Waals surface area contributed by atoms with Crippen LogP contribution in [0.3, 0.4) is 0 Å². The lowest BCUT2D eigenvalue weighted by molar-refractivity contribution is 0.0697. The Morgan fingerprint density at radius 2 is 1.83 bits per heavy atom. The fourth-order valence-electron chi connectivity index (χ4n) is 2.44. The number of aromatic nitrogens is 1. The standard InChI is InChI=1S/C15H19NO2/c1-8(2)13-11-7-10(15(17)18)5-6-12(11)16-14(13)9(3)4/h5-9,16H,1-4H3,(H,17,18). The Labute approximate surface area is 107 Å². The average molecular weight is 245 g/mol. The third-order valence-electron chi connectivity index (χ3n) is 3.27. The molecular weight excluding hydrogens is 226 g/mol. The molecule has 96 valence electrons. The van der Waals surface area contributed by atoms with Crippen LogP contribution < -0.4 is 0 Å². The van der Waals surface area contributed by atoms with Crippen molar-refractivity contribution in [3.8, 4) is 0 Å². The van der Waals surface area contributed by atoms with Gasteiger partial charge in [0.15, 0.2) is 0 Å². The molecule has 0 saturated heterocycles. The largest absolute Gasteiger partial charge is 0.478 e. The second kappa shape index (κ2) is 4.48. The molecule has 2 rings (SSSR count). The quantitative estimate of drug-likeness (QED) is 0.854. The van der Waals surface area contributed by atoms with Crippen LogP contribution in [-0.2, 0) is 0 Å². The van der Waals surface area contributed by atoms with Crippen molar-refractivity contribution in [1.82, 2.24) is 4.98 Å². The Morgan fingerprint density at radius 3 is 2.33 bits per heavy atom. The van der Waals surface area contributed by atoms with Crippen LogP contribution in [0.5, 0.6) is 0 Å². The van der Waals surface area contributed by atoms with E-state index in [2.05, 4.69) is 32.7 Å². The lowest BCUT2D eigenvalue weighted by Gasteiger charge is -2.10. The molecule has 3 heteroatoms. The molecule has 0 saturated carbocycles. The normalized spacial score (nSPS) is 11.7. The SMILES string of the molecule is CC(C)c1[nH]c2ccc(C(=O)O)cc2c1C(C)C. The van der Waals surface area contributed by atoms with Gasteiger partial charge in [0.05, 0.1) is 5.56 Å². The maximum Gasteiger partial charge on any atom is 0.335 e. The molecule has 1 aromatic carbocycles. The summed E-state index contributed by atoms with van der Waals surface area (Å²) < 4.78 is 0. The summed E-state index contributed by atoms with van der Waals surface area (Å²) in [5, 5.41) is 10.1. The van der Waals surface area contributed by atoms with E-state index in [9.17, 15) is 4.79 Å². The zero-order chi connectivity index (χ0) is 13.4. The highest BCUT2D eigenvalue weighted by Gasteiger charge is 2.17. The summed E-state index contributed by atoms with van der Waals surface area (Å²) in [4.78, 5) is 14.5. The van der Waals surface area contributed by atoms with Gasteiger partial charge in [-0.1, -0.05) is 27.7 Å². The van der Waals surface area contributed by atoms with Crippen LogP contribution in [0.15, 0.2) is 18.2 Å². The first kappa shape index (κ1) is 12.7. The molecule has 0 amide bonds. The monoisotopic (exact) mass is 245 g/mol. The molecule has 0 radical (unpaired) electrons. The summed E-state index contributed by atoms with van der Waals surface area (Å²) >= 11 is 0. The number of H-pyrrole nitrogens is 1. The van der Waals surface area contributed by atoms with E-state index in [1.54, 1.807) is 12.1 Å². The van der Waals surface area contributed by atoms with Crippen molar-refractivity contribution < 1.29 is 9.90 Å². The molecule has 0 unspecified atom stereocenters. The average Bonchev–Trinajstić information content (AvgIpc) is 2.66. The molecule has 0 aliphatic rings. The maximum atomic E-state index is 11.1. The predicted octanol–water partition coefficient (Wildman–Crippen LogP) is 4.11. The number of hydrogen-bond acceptors (Lipinski definition) is 1. The van der Waals surface area contributed by atoms with Gasteiger partial charge in [0.2, 0.25) is 0 Å². The molecule has 0 fully saturated rings. The zero-order valence-corrected chi connectivity index (χ0v) is 11.2. The molecule has 3 nitrogen and oxygen atoms in total. The first-order valence-electron chi connectivity index (χ1n) is 6.30. The van der Waals surface area contributed by atoms with Gasteiger partial charge in [-0.15, -0.1) is 0 Å². The summed E-state index contributed by atoms with van der Waals surface area (Å²) in [6.07, 6.45) is 0. The molecule has 0 spiro atoms. The minimum Gasteiger partial charge on any atom is -0.478 e. The van der Waals surface area contributed by atoms with E-state index in [0.29, 0.717) is 17.4 Å². The van der Waals surface area contributed by atoms with E-state index >= 15 is 0 Å². The molecule has 0 atom stereocenters. The first-order chi connectivity index (χ1) is 8.41. The van der Waals surface area contributed by atoms with E-state index in [-0.39, 0.29) is 0 Å². The fraction of sp³-hybridized carbons (Fsp3) is 0.400. The topological polar surface area (TPSA) is 53.1 Å². The molecule has 1 heterocycles. The van der Waals surface area contributed by atoms with E-state index in [1.165, 1.54) is 11.3 Å². The van der Waals surface area contributed by atoms with Gasteiger partial charge < -0.3 is 10.1 Å². The van der Waals surface area contributed by atoms with E-state index in [1.807, 2.05) is 6.07 Å². The molecule has 0 aliphatic heterocycles. The number of hydrogen-bond donors (Lipinski definition) is 2. The van der Waals surface area contributed by atoms with Gasteiger partial charge >= 0.3 is 5.97 Å². The van der Waals surface area contributed by atoms with Crippen molar-refractivity contribution >= 4 is 16.9 Å². The van der Waals surface area contributed by atoms with Crippen LogP contribution in [0, 0.1) is 0 Å². The van der Waals surface area contributed by atoms with E-state index in [4.69, 9.17) is 5.11 Å². The lowest BCUT2D eigenvalue weighted by atomic mass is 9.94. The van der Waals surface area contributed by atoms with Gasteiger partial charge in [-0.2, -0.15) is 0 Å². The van der Waals surface area contributed by atoms with E-state index < -0.39 is 5.97 Å². The summed E-state index contributed by atoms with van der Waals surface area (Å²) in [6, 6.07) is 5.28. The number of aromatic amines is 1. The molecule has 0 bridgehead atoms. The van der Waals surface area contributed by atoms with Crippen molar-refractivity contribution in [3.63, 3.8) is 0 Å². The molecule has 2 aromatic rings. The zero-order valence-electron chi connectivity index (χ0n) is 11.2. The second-order valence-electron chi connectivity index (χ2n) is 5.33. The van der Waals surface area contributed by atoms with Gasteiger partial charge in [0.25, 0.3) is 0 Å². The summed E-state index contributed by atoms with van der Waals surface area (Å²) in [7, 11) is 0. The number of fused-ring (bicyclic) bond motifs is 1. The number of nitrogens with one attached hydrogen (secondary N) is 1. The Hall–Kier alpha value is -1.77. The number of carbonyl (C=O) groups is 1. The first-order valence-corrected chi connectivity index (χ1v) is 6.30. The summed E-state index contributed by atoms with van der Waals surface area (Å²) in [6.45, 7) is 8.58. The number of benzene rings is 1. The highest BCUT2D eigenvalue weighted by Crippen LogP contribution is 2.33. The van der Waals surface area contributed by atoms with E-state index in [0.717, 1.165) is 10.9 Å². The second-order valence-corrected chi connectivity index (χ2v) is 5.33. The number of rotatable bonds is 3. The molecular formula is C15H19NO2.